The molecule has 2 rings (SSSR count). The normalized spacial score (nSPS) is 36.9. The molecule has 2 atom stereocenters. The lowest BCUT2D eigenvalue weighted by Gasteiger charge is -2.41. The van der Waals surface area contributed by atoms with Crippen molar-refractivity contribution in [3.63, 3.8) is 0 Å². The molecule has 0 bridgehead atoms. The van der Waals surface area contributed by atoms with Gasteiger partial charge in [0.05, 0.1) is 6.61 Å². The number of halogens is 2. The van der Waals surface area contributed by atoms with Crippen LogP contribution in [0.15, 0.2) is 0 Å². The zero-order valence-corrected chi connectivity index (χ0v) is 10.2. The van der Waals surface area contributed by atoms with Crippen LogP contribution in [0.3, 0.4) is 0 Å². The van der Waals surface area contributed by atoms with Gasteiger partial charge in [-0.3, -0.25) is 0 Å². The van der Waals surface area contributed by atoms with Crippen molar-refractivity contribution in [1.82, 2.24) is 10.2 Å². The van der Waals surface area contributed by atoms with Crippen LogP contribution in [0.2, 0.25) is 0 Å². The fourth-order valence-electron chi connectivity index (χ4n) is 2.55. The van der Waals surface area contributed by atoms with E-state index in [0.29, 0.717) is 12.5 Å². The van der Waals surface area contributed by atoms with E-state index in [2.05, 4.69) is 17.3 Å². The predicted molar refractivity (Wildman–Crippen MR) is 62.5 cm³/mol. The third-order valence-corrected chi connectivity index (χ3v) is 3.57. The summed E-state index contributed by atoms with van der Waals surface area (Å²) < 4.78 is 0. The Morgan fingerprint density at radius 1 is 1.50 bits per heavy atom. The molecule has 0 aromatic carbocycles. The number of fused-ring (bicyclic) bond motifs is 1. The third-order valence-electron chi connectivity index (χ3n) is 3.57. The molecule has 0 aromatic heterocycles. The average molecular weight is 243 g/mol. The van der Waals surface area contributed by atoms with Crippen molar-refractivity contribution >= 4 is 24.8 Å². The van der Waals surface area contributed by atoms with Gasteiger partial charge in [-0.25, -0.2) is 0 Å². The van der Waals surface area contributed by atoms with E-state index < -0.39 is 0 Å². The first kappa shape index (κ1) is 14.5. The Morgan fingerprint density at radius 3 is 2.86 bits per heavy atom. The number of likely N-dealkylation sites (tertiary alicyclic amines) is 1. The summed E-state index contributed by atoms with van der Waals surface area (Å²) in [6, 6.07) is 0. The molecule has 0 aliphatic carbocycles. The molecule has 2 N–H and O–H groups in total. The van der Waals surface area contributed by atoms with Crippen LogP contribution in [-0.4, -0.2) is 49.8 Å². The smallest absolute Gasteiger partial charge is 0.0503 e. The minimum absolute atomic E-state index is 0. The first-order chi connectivity index (χ1) is 5.77. The molecule has 86 valence electrons. The number of hydrogen-bond donors (Lipinski definition) is 2. The molecule has 2 fully saturated rings. The minimum Gasteiger partial charge on any atom is -0.396 e. The third kappa shape index (κ3) is 2.34. The molecule has 3 nitrogen and oxygen atoms in total. The van der Waals surface area contributed by atoms with Crippen molar-refractivity contribution in [3.8, 4) is 0 Å². The fraction of sp³-hybridized carbons (Fsp3) is 1.00. The number of nitrogens with zero attached hydrogens (tertiary/aromatic N) is 1. The SMILES string of the molecule is CN1CC[C@]2(CO)CNC[C@@H]2C1.Cl.Cl. The molecule has 0 radical (unpaired) electrons. The quantitative estimate of drug-likeness (QED) is 0.698. The van der Waals surface area contributed by atoms with Crippen molar-refractivity contribution in [1.29, 1.82) is 0 Å². The van der Waals surface area contributed by atoms with Gasteiger partial charge in [-0.15, -0.1) is 24.8 Å². The lowest BCUT2D eigenvalue weighted by molar-refractivity contribution is 0.0301. The Labute approximate surface area is 98.1 Å². The summed E-state index contributed by atoms with van der Waals surface area (Å²) in [5, 5.41) is 12.8. The maximum absolute atomic E-state index is 9.38. The molecule has 0 spiro atoms. The Balaban J connectivity index is 0.000000845. The molecule has 0 saturated carbocycles. The van der Waals surface area contributed by atoms with Gasteiger partial charge in [0, 0.05) is 18.5 Å². The van der Waals surface area contributed by atoms with Crippen LogP contribution in [0, 0.1) is 11.3 Å². The van der Waals surface area contributed by atoms with E-state index >= 15 is 0 Å². The number of rotatable bonds is 1. The number of piperidine rings is 1. The first-order valence-corrected chi connectivity index (χ1v) is 4.77. The van der Waals surface area contributed by atoms with Gasteiger partial charge in [-0.2, -0.15) is 0 Å². The van der Waals surface area contributed by atoms with Gasteiger partial charge >= 0.3 is 0 Å². The maximum Gasteiger partial charge on any atom is 0.0503 e. The van der Waals surface area contributed by atoms with Crippen molar-refractivity contribution in [3.05, 3.63) is 0 Å². The molecular formula is C9H20Cl2N2O. The highest BCUT2D eigenvalue weighted by Crippen LogP contribution is 2.38. The second-order valence-electron chi connectivity index (χ2n) is 4.36. The highest BCUT2D eigenvalue weighted by Gasteiger charge is 2.44. The summed E-state index contributed by atoms with van der Waals surface area (Å²) in [4.78, 5) is 2.37. The van der Waals surface area contributed by atoms with E-state index in [1.807, 2.05) is 0 Å². The molecule has 0 amide bonds. The van der Waals surface area contributed by atoms with Crippen molar-refractivity contribution < 1.29 is 5.11 Å². The largest absolute Gasteiger partial charge is 0.396 e. The van der Waals surface area contributed by atoms with Gasteiger partial charge in [-0.05, 0) is 32.5 Å². The van der Waals surface area contributed by atoms with Crippen LogP contribution >= 0.6 is 24.8 Å². The second-order valence-corrected chi connectivity index (χ2v) is 4.36. The van der Waals surface area contributed by atoms with Crippen LogP contribution in [0.1, 0.15) is 6.42 Å². The van der Waals surface area contributed by atoms with Crippen LogP contribution < -0.4 is 5.32 Å². The topological polar surface area (TPSA) is 35.5 Å². The Morgan fingerprint density at radius 2 is 2.21 bits per heavy atom. The fourth-order valence-corrected chi connectivity index (χ4v) is 2.55. The molecular weight excluding hydrogens is 223 g/mol. The minimum atomic E-state index is 0. The molecule has 0 aromatic rings. The van der Waals surface area contributed by atoms with E-state index in [1.165, 1.54) is 0 Å². The van der Waals surface area contributed by atoms with E-state index in [-0.39, 0.29) is 30.2 Å². The van der Waals surface area contributed by atoms with E-state index in [4.69, 9.17) is 0 Å². The molecule has 5 heteroatoms. The first-order valence-electron chi connectivity index (χ1n) is 4.77. The van der Waals surface area contributed by atoms with Gasteiger partial charge in [0.2, 0.25) is 0 Å². The van der Waals surface area contributed by atoms with Crippen LogP contribution in [0.5, 0.6) is 0 Å². The summed E-state index contributed by atoms with van der Waals surface area (Å²) in [5.74, 6) is 0.668. The molecule has 2 heterocycles. The lowest BCUT2D eigenvalue weighted by Crippen LogP contribution is -2.47. The Bertz CT molecular complexity index is 182. The van der Waals surface area contributed by atoms with Crippen molar-refractivity contribution in [2.75, 3.05) is 39.8 Å². The lowest BCUT2D eigenvalue weighted by atomic mass is 9.73. The standard InChI is InChI=1S/C9H18N2O.2ClH/c1-11-3-2-9(7-12)6-10-4-8(9)5-11;;/h8,10,12H,2-7H2,1H3;2*1H/t8-,9-;;/m1../s1. The second kappa shape index (κ2) is 5.52. The summed E-state index contributed by atoms with van der Waals surface area (Å²) in [6.07, 6.45) is 1.15. The maximum atomic E-state index is 9.38. The predicted octanol–water partition coefficient (Wildman–Crippen LogP) is 0.364. The molecule has 14 heavy (non-hydrogen) atoms. The van der Waals surface area contributed by atoms with Gasteiger partial charge in [0.25, 0.3) is 0 Å². The van der Waals surface area contributed by atoms with E-state index in [1.54, 1.807) is 0 Å². The average Bonchev–Trinajstić information content (AvgIpc) is 2.48. The molecule has 2 aliphatic rings. The van der Waals surface area contributed by atoms with Crippen molar-refractivity contribution in [2.45, 2.75) is 6.42 Å². The van der Waals surface area contributed by atoms with E-state index in [9.17, 15) is 5.11 Å². The zero-order valence-electron chi connectivity index (χ0n) is 8.53. The van der Waals surface area contributed by atoms with Crippen LogP contribution in [0.25, 0.3) is 0 Å². The van der Waals surface area contributed by atoms with Gasteiger partial charge in [-0.1, -0.05) is 0 Å². The van der Waals surface area contributed by atoms with Gasteiger partial charge in [0.15, 0.2) is 0 Å². The van der Waals surface area contributed by atoms with Crippen molar-refractivity contribution in [2.24, 2.45) is 11.3 Å². The van der Waals surface area contributed by atoms with Gasteiger partial charge < -0.3 is 15.3 Å². The molecule has 2 saturated heterocycles. The number of hydrogen-bond acceptors (Lipinski definition) is 3. The Hall–Kier alpha value is 0.460. The summed E-state index contributed by atoms with van der Waals surface area (Å²) in [6.45, 7) is 4.75. The summed E-state index contributed by atoms with van der Waals surface area (Å²) in [7, 11) is 2.17. The van der Waals surface area contributed by atoms with E-state index in [0.717, 1.165) is 32.6 Å². The summed E-state index contributed by atoms with van der Waals surface area (Å²) >= 11 is 0. The number of aliphatic hydroxyl groups is 1. The zero-order chi connectivity index (χ0) is 8.60. The molecule has 2 aliphatic heterocycles. The highest BCUT2D eigenvalue weighted by molar-refractivity contribution is 5.85. The van der Waals surface area contributed by atoms with Crippen LogP contribution in [0.4, 0.5) is 0 Å². The Kier molecular flexibility index (Phi) is 5.70. The monoisotopic (exact) mass is 242 g/mol. The van der Waals surface area contributed by atoms with Crippen LogP contribution in [-0.2, 0) is 0 Å². The number of nitrogens with one attached hydrogen (secondary N) is 1. The molecule has 0 unspecified atom stereocenters. The highest BCUT2D eigenvalue weighted by atomic mass is 35.5. The summed E-state index contributed by atoms with van der Waals surface area (Å²) in [5.41, 5.74) is 0.215. The van der Waals surface area contributed by atoms with Gasteiger partial charge in [0.1, 0.15) is 0 Å². The number of aliphatic hydroxyl groups excluding tert-OH is 1.